The Morgan fingerprint density at radius 2 is 1.96 bits per heavy atom. The van der Waals surface area contributed by atoms with E-state index >= 15 is 0 Å². The van der Waals surface area contributed by atoms with E-state index in [2.05, 4.69) is 4.74 Å². The fourth-order valence-corrected chi connectivity index (χ4v) is 3.36. The van der Waals surface area contributed by atoms with Crippen LogP contribution in [0.4, 0.5) is 4.39 Å². The van der Waals surface area contributed by atoms with Crippen LogP contribution >= 0.6 is 0 Å². The Morgan fingerprint density at radius 3 is 2.43 bits per heavy atom. The molecule has 0 fully saturated rings. The van der Waals surface area contributed by atoms with Gasteiger partial charge in [0.15, 0.2) is 0 Å². The van der Waals surface area contributed by atoms with Crippen LogP contribution in [0.1, 0.15) is 30.6 Å². The molecule has 1 atom stereocenters. The van der Waals surface area contributed by atoms with Crippen molar-refractivity contribution in [2.45, 2.75) is 31.2 Å². The van der Waals surface area contributed by atoms with Crippen LogP contribution in [0.15, 0.2) is 23.1 Å². The maximum Gasteiger partial charge on any atom is 0.342 e. The quantitative estimate of drug-likeness (QED) is 0.721. The molecule has 7 nitrogen and oxygen atoms in total. The summed E-state index contributed by atoms with van der Waals surface area (Å²) in [5.41, 5.74) is -0.767. The number of aliphatic carboxylic acids is 1. The summed E-state index contributed by atoms with van der Waals surface area (Å²) in [5.74, 6) is -3.70. The minimum absolute atomic E-state index is 0.0391. The van der Waals surface area contributed by atoms with E-state index in [1.807, 2.05) is 4.72 Å². The molecule has 1 rings (SSSR count). The Kier molecular flexibility index (Phi) is 6.22. The monoisotopic (exact) mass is 347 g/mol. The Morgan fingerprint density at radius 1 is 1.35 bits per heavy atom. The Bertz CT molecular complexity index is 701. The lowest BCUT2D eigenvalue weighted by atomic mass is 10.1. The summed E-state index contributed by atoms with van der Waals surface area (Å²) in [6, 6.07) is 1.63. The number of carbonyl (C=O) groups excluding carboxylic acids is 1. The van der Waals surface area contributed by atoms with E-state index in [4.69, 9.17) is 5.11 Å². The van der Waals surface area contributed by atoms with Crippen molar-refractivity contribution in [3.05, 3.63) is 29.6 Å². The van der Waals surface area contributed by atoms with E-state index in [1.54, 1.807) is 13.8 Å². The van der Waals surface area contributed by atoms with Crippen molar-refractivity contribution < 1.29 is 32.2 Å². The molecule has 1 unspecified atom stereocenters. The van der Waals surface area contributed by atoms with Gasteiger partial charge < -0.3 is 9.84 Å². The van der Waals surface area contributed by atoms with Gasteiger partial charge in [-0.1, -0.05) is 19.9 Å². The Balaban J connectivity index is 3.31. The Hall–Kier alpha value is -2.00. The fourth-order valence-electron chi connectivity index (χ4n) is 1.95. The highest BCUT2D eigenvalue weighted by molar-refractivity contribution is 7.89. The third kappa shape index (κ3) is 4.73. The predicted molar refractivity (Wildman–Crippen MR) is 78.9 cm³/mol. The van der Waals surface area contributed by atoms with Gasteiger partial charge in [0.1, 0.15) is 17.4 Å². The van der Waals surface area contributed by atoms with Crippen LogP contribution in [0.3, 0.4) is 0 Å². The first-order chi connectivity index (χ1) is 10.6. The molecule has 0 saturated carbocycles. The largest absolute Gasteiger partial charge is 0.480 e. The highest BCUT2D eigenvalue weighted by atomic mass is 32.2. The van der Waals surface area contributed by atoms with Crippen LogP contribution in [0.2, 0.25) is 0 Å². The van der Waals surface area contributed by atoms with Gasteiger partial charge in [-0.25, -0.2) is 17.6 Å². The molecule has 2 N–H and O–H groups in total. The summed E-state index contributed by atoms with van der Waals surface area (Å²) in [7, 11) is -3.45. The van der Waals surface area contributed by atoms with Crippen molar-refractivity contribution in [2.24, 2.45) is 5.92 Å². The molecule has 0 bridgehead atoms. The van der Waals surface area contributed by atoms with Crippen molar-refractivity contribution in [3.63, 3.8) is 0 Å². The number of ether oxygens (including phenoxy) is 1. The second-order valence-corrected chi connectivity index (χ2v) is 6.93. The van der Waals surface area contributed by atoms with Crippen LogP contribution < -0.4 is 4.72 Å². The maximum absolute atomic E-state index is 13.8. The molecule has 0 aliphatic rings. The van der Waals surface area contributed by atoms with Crippen LogP contribution in [0.5, 0.6) is 0 Å². The first-order valence-corrected chi connectivity index (χ1v) is 8.20. The highest BCUT2D eigenvalue weighted by Crippen LogP contribution is 2.21. The van der Waals surface area contributed by atoms with E-state index in [-0.39, 0.29) is 12.3 Å². The molecule has 0 saturated heterocycles. The number of benzene rings is 1. The number of carbonyl (C=O) groups is 2. The van der Waals surface area contributed by atoms with Crippen molar-refractivity contribution in [3.8, 4) is 0 Å². The maximum atomic E-state index is 13.8. The van der Waals surface area contributed by atoms with E-state index in [0.29, 0.717) is 0 Å². The number of carboxylic acid groups (broad SMARTS) is 1. The standard InChI is InChI=1S/C14H18FNO6S/c1-8(2)7-10(13(17)18)16-23(20,21)11-6-4-5-9(15)12(11)14(19)22-3/h4-6,8,10,16H,7H2,1-3H3,(H,17,18). The number of rotatable bonds is 7. The molecule has 1 aromatic rings. The molecule has 0 aliphatic carbocycles. The van der Waals surface area contributed by atoms with Crippen molar-refractivity contribution in [1.29, 1.82) is 0 Å². The molecule has 1 aromatic carbocycles. The Labute approximate surface area is 133 Å². The molecule has 0 amide bonds. The normalized spacial score (nSPS) is 12.9. The zero-order valence-electron chi connectivity index (χ0n) is 12.9. The van der Waals surface area contributed by atoms with Gasteiger partial charge in [0.25, 0.3) is 0 Å². The van der Waals surface area contributed by atoms with E-state index < -0.39 is 44.3 Å². The molecule has 23 heavy (non-hydrogen) atoms. The van der Waals surface area contributed by atoms with Crippen LogP contribution in [-0.2, 0) is 19.6 Å². The molecule has 9 heteroatoms. The number of halogens is 1. The lowest BCUT2D eigenvalue weighted by molar-refractivity contribution is -0.139. The summed E-state index contributed by atoms with van der Waals surface area (Å²) in [6.07, 6.45) is 0.0391. The molecule has 128 valence electrons. The molecule has 0 heterocycles. The predicted octanol–water partition coefficient (Wildman–Crippen LogP) is 1.39. The number of sulfonamides is 1. The van der Waals surface area contributed by atoms with Gasteiger partial charge in [0, 0.05) is 0 Å². The smallest absolute Gasteiger partial charge is 0.342 e. The number of hydrogen-bond donors (Lipinski definition) is 2. The van der Waals surface area contributed by atoms with Gasteiger partial charge in [0.05, 0.1) is 12.0 Å². The summed E-state index contributed by atoms with van der Waals surface area (Å²) in [5, 5.41) is 9.12. The number of nitrogens with one attached hydrogen (secondary N) is 1. The van der Waals surface area contributed by atoms with Gasteiger partial charge in [-0.05, 0) is 24.5 Å². The van der Waals surface area contributed by atoms with E-state index in [0.717, 1.165) is 25.3 Å². The average Bonchev–Trinajstić information content (AvgIpc) is 2.44. The minimum atomic E-state index is -4.43. The lowest BCUT2D eigenvalue weighted by Crippen LogP contribution is -2.42. The summed E-state index contributed by atoms with van der Waals surface area (Å²) >= 11 is 0. The number of esters is 1. The van der Waals surface area contributed by atoms with Gasteiger partial charge in [-0.15, -0.1) is 0 Å². The topological polar surface area (TPSA) is 110 Å². The van der Waals surface area contributed by atoms with Gasteiger partial charge in [0.2, 0.25) is 10.0 Å². The molecule has 0 radical (unpaired) electrons. The summed E-state index contributed by atoms with van der Waals surface area (Å²) in [4.78, 5) is 22.2. The SMILES string of the molecule is COC(=O)c1c(F)cccc1S(=O)(=O)NC(CC(C)C)C(=O)O. The molecule has 0 aliphatic heterocycles. The second-order valence-electron chi connectivity index (χ2n) is 5.25. The van der Waals surface area contributed by atoms with E-state index in [1.165, 1.54) is 0 Å². The zero-order valence-corrected chi connectivity index (χ0v) is 13.7. The zero-order chi connectivity index (χ0) is 17.8. The van der Waals surface area contributed by atoms with Crippen molar-refractivity contribution in [1.82, 2.24) is 4.72 Å². The van der Waals surface area contributed by atoms with Crippen LogP contribution in [-0.4, -0.2) is 38.6 Å². The second kappa shape index (κ2) is 7.51. The third-order valence-electron chi connectivity index (χ3n) is 2.96. The first kappa shape index (κ1) is 19.0. The van der Waals surface area contributed by atoms with Gasteiger partial charge in [-0.3, -0.25) is 4.79 Å². The van der Waals surface area contributed by atoms with Crippen LogP contribution in [0, 0.1) is 11.7 Å². The van der Waals surface area contributed by atoms with Gasteiger partial charge >= 0.3 is 11.9 Å². The van der Waals surface area contributed by atoms with Gasteiger partial charge in [-0.2, -0.15) is 4.72 Å². The highest BCUT2D eigenvalue weighted by Gasteiger charge is 2.31. The minimum Gasteiger partial charge on any atom is -0.480 e. The van der Waals surface area contributed by atoms with Crippen molar-refractivity contribution >= 4 is 22.0 Å². The molecular formula is C14H18FNO6S. The third-order valence-corrected chi connectivity index (χ3v) is 4.47. The number of methoxy groups -OCH3 is 1. The van der Waals surface area contributed by atoms with Crippen LogP contribution in [0.25, 0.3) is 0 Å². The molecule has 0 spiro atoms. The van der Waals surface area contributed by atoms with E-state index in [9.17, 15) is 22.4 Å². The lowest BCUT2D eigenvalue weighted by Gasteiger charge is -2.17. The fraction of sp³-hybridized carbons (Fsp3) is 0.429. The molecular weight excluding hydrogens is 329 g/mol. The number of carboxylic acids is 1. The summed E-state index contributed by atoms with van der Waals surface area (Å²) in [6.45, 7) is 3.46. The first-order valence-electron chi connectivity index (χ1n) is 6.72. The number of hydrogen-bond acceptors (Lipinski definition) is 5. The summed E-state index contributed by atoms with van der Waals surface area (Å²) < 4.78 is 44.9. The van der Waals surface area contributed by atoms with Crippen molar-refractivity contribution in [2.75, 3.05) is 7.11 Å². The molecule has 0 aromatic heterocycles. The average molecular weight is 347 g/mol.